The molecule has 1 N–H and O–H groups in total. The molecule has 3 aromatic rings. The molecule has 0 saturated carbocycles. The molecule has 2 aliphatic rings. The molecule has 1 aliphatic heterocycles. The van der Waals surface area contributed by atoms with Gasteiger partial charge in [-0.3, -0.25) is 4.90 Å². The molecular weight excluding hydrogens is 386 g/mol. The Morgan fingerprint density at radius 1 is 1.13 bits per heavy atom. The summed E-state index contributed by atoms with van der Waals surface area (Å²) in [6, 6.07) is 16.6. The lowest BCUT2D eigenvalue weighted by molar-refractivity contribution is 0.140. The monoisotopic (exact) mass is 417 g/mol. The van der Waals surface area contributed by atoms with E-state index in [1.165, 1.54) is 37.8 Å². The number of likely N-dealkylation sites (tertiary alicyclic amines) is 1. The third kappa shape index (κ3) is 4.65. The average Bonchev–Trinajstić information content (AvgIpc) is 3.48. The molecule has 2 aromatic carbocycles. The Morgan fingerprint density at radius 2 is 1.97 bits per heavy atom. The summed E-state index contributed by atoms with van der Waals surface area (Å²) in [4.78, 5) is 6.75. The lowest BCUT2D eigenvalue weighted by atomic mass is 10.0. The Balaban J connectivity index is 1.19. The Hall–Kier alpha value is -2.70. The fraction of sp³-hybridized carbons (Fsp3) is 0.440. The molecule has 1 saturated heterocycles. The minimum absolute atomic E-state index is 0.540. The number of hydrogen-bond donors (Lipinski definition) is 1. The van der Waals surface area contributed by atoms with Gasteiger partial charge in [0.1, 0.15) is 18.4 Å². The number of benzene rings is 2. The summed E-state index contributed by atoms with van der Waals surface area (Å²) in [7, 11) is 1.72. The Kier molecular flexibility index (Phi) is 6.00. The highest BCUT2D eigenvalue weighted by molar-refractivity contribution is 5.37. The minimum Gasteiger partial charge on any atom is -0.496 e. The van der Waals surface area contributed by atoms with Crippen LogP contribution in [0.25, 0.3) is 0 Å². The summed E-state index contributed by atoms with van der Waals surface area (Å²) in [5.41, 5.74) is 5.49. The van der Waals surface area contributed by atoms with Gasteiger partial charge in [-0.05, 0) is 61.1 Å². The molecule has 1 aromatic heterocycles. The number of fused-ring (bicyclic) bond motifs is 1. The first-order valence-electron chi connectivity index (χ1n) is 11.3. The number of nitrogens with one attached hydrogen (secondary N) is 1. The summed E-state index contributed by atoms with van der Waals surface area (Å²) in [5, 5.41) is 8.04. The molecule has 1 aliphatic carbocycles. The number of methoxy groups -OCH3 is 1. The molecule has 0 amide bonds. The van der Waals surface area contributed by atoms with Crippen LogP contribution in [-0.2, 0) is 25.9 Å². The van der Waals surface area contributed by atoms with Crippen LogP contribution in [0.4, 0.5) is 0 Å². The predicted octanol–water partition coefficient (Wildman–Crippen LogP) is 3.06. The zero-order valence-electron chi connectivity index (χ0n) is 18.2. The number of rotatable bonds is 7. The molecule has 1 atom stereocenters. The van der Waals surface area contributed by atoms with Crippen LogP contribution < -0.4 is 10.1 Å². The quantitative estimate of drug-likeness (QED) is 0.640. The largest absolute Gasteiger partial charge is 0.496 e. The van der Waals surface area contributed by atoms with Gasteiger partial charge in [-0.2, -0.15) is 5.10 Å². The van der Waals surface area contributed by atoms with Crippen LogP contribution in [-0.4, -0.2) is 51.9 Å². The molecule has 0 radical (unpaired) electrons. The third-order valence-corrected chi connectivity index (χ3v) is 6.74. The van der Waals surface area contributed by atoms with Gasteiger partial charge in [-0.25, -0.2) is 9.67 Å². The maximum absolute atomic E-state index is 5.55. The van der Waals surface area contributed by atoms with Gasteiger partial charge in [-0.15, -0.1) is 0 Å². The average molecular weight is 418 g/mol. The second kappa shape index (κ2) is 9.20. The second-order valence-electron chi connectivity index (χ2n) is 8.79. The van der Waals surface area contributed by atoms with Crippen molar-refractivity contribution in [2.75, 3.05) is 20.2 Å². The van der Waals surface area contributed by atoms with Crippen molar-refractivity contribution in [3.05, 3.63) is 77.4 Å². The van der Waals surface area contributed by atoms with Crippen LogP contribution in [0.3, 0.4) is 0 Å². The lowest BCUT2D eigenvalue weighted by Gasteiger charge is -2.37. The summed E-state index contributed by atoms with van der Waals surface area (Å²) in [6.45, 7) is 3.90. The summed E-state index contributed by atoms with van der Waals surface area (Å²) < 4.78 is 7.38. The number of ether oxygens (including phenoxy) is 1. The van der Waals surface area contributed by atoms with Crippen molar-refractivity contribution in [3.8, 4) is 5.75 Å². The summed E-state index contributed by atoms with van der Waals surface area (Å²) >= 11 is 0. The van der Waals surface area contributed by atoms with E-state index in [9.17, 15) is 0 Å². The van der Waals surface area contributed by atoms with Gasteiger partial charge < -0.3 is 10.1 Å². The first kappa shape index (κ1) is 20.2. The van der Waals surface area contributed by atoms with Gasteiger partial charge in [0, 0.05) is 30.7 Å². The molecule has 1 unspecified atom stereocenters. The van der Waals surface area contributed by atoms with Gasteiger partial charge in [0.25, 0.3) is 0 Å². The van der Waals surface area contributed by atoms with Crippen LogP contribution in [0.5, 0.6) is 5.75 Å². The van der Waals surface area contributed by atoms with Crippen LogP contribution in [0.2, 0.25) is 0 Å². The molecule has 6 nitrogen and oxygen atoms in total. The topological polar surface area (TPSA) is 55.2 Å². The van der Waals surface area contributed by atoms with E-state index < -0.39 is 0 Å². The molecule has 0 spiro atoms. The van der Waals surface area contributed by atoms with E-state index in [-0.39, 0.29) is 0 Å². The second-order valence-corrected chi connectivity index (χ2v) is 8.79. The molecule has 31 heavy (non-hydrogen) atoms. The van der Waals surface area contributed by atoms with E-state index in [1.54, 1.807) is 30.9 Å². The van der Waals surface area contributed by atoms with Gasteiger partial charge in [-0.1, -0.05) is 30.3 Å². The van der Waals surface area contributed by atoms with E-state index in [0.29, 0.717) is 18.6 Å². The van der Waals surface area contributed by atoms with Crippen LogP contribution in [0, 0.1) is 0 Å². The molecule has 0 bridgehead atoms. The number of nitrogens with zero attached hydrogens (tertiary/aromatic N) is 4. The molecule has 2 heterocycles. The van der Waals surface area contributed by atoms with Gasteiger partial charge in [0.2, 0.25) is 0 Å². The smallest absolute Gasteiger partial charge is 0.137 e. The van der Waals surface area contributed by atoms with E-state index in [2.05, 4.69) is 62.8 Å². The summed E-state index contributed by atoms with van der Waals surface area (Å²) in [6.07, 6.45) is 8.22. The van der Waals surface area contributed by atoms with Crippen molar-refractivity contribution in [1.29, 1.82) is 0 Å². The Labute approximate surface area is 184 Å². The standard InChI is InChI=1S/C25H31N5O/c1-31-25-9-8-19(11-22(25)15-30-18-26-17-28-30)14-27-23-7-4-10-29(16-23)24-12-20-5-2-3-6-21(20)13-24/h2-3,5-6,8-9,11,17-18,23-24,27H,4,7,10,12-16H2,1H3. The molecule has 6 heteroatoms. The van der Waals surface area contributed by atoms with Crippen molar-refractivity contribution >= 4 is 0 Å². The number of hydrogen-bond acceptors (Lipinski definition) is 5. The van der Waals surface area contributed by atoms with Gasteiger partial charge in [0.15, 0.2) is 0 Å². The number of piperidine rings is 1. The van der Waals surface area contributed by atoms with Crippen molar-refractivity contribution in [2.45, 2.75) is 50.9 Å². The summed E-state index contributed by atoms with van der Waals surface area (Å²) in [5.74, 6) is 0.892. The van der Waals surface area contributed by atoms with Crippen LogP contribution in [0.1, 0.15) is 35.1 Å². The van der Waals surface area contributed by atoms with Gasteiger partial charge in [0.05, 0.1) is 13.7 Å². The first-order valence-corrected chi connectivity index (χ1v) is 11.3. The molecular formula is C25H31N5O. The third-order valence-electron chi connectivity index (χ3n) is 6.74. The molecule has 1 fully saturated rings. The maximum Gasteiger partial charge on any atom is 0.137 e. The van der Waals surface area contributed by atoms with Crippen molar-refractivity contribution in [2.24, 2.45) is 0 Å². The SMILES string of the molecule is COc1ccc(CNC2CCCN(C3Cc4ccccc4C3)C2)cc1Cn1cncn1. The highest BCUT2D eigenvalue weighted by atomic mass is 16.5. The first-order chi connectivity index (χ1) is 15.3. The Morgan fingerprint density at radius 3 is 2.71 bits per heavy atom. The van der Waals surface area contributed by atoms with Gasteiger partial charge >= 0.3 is 0 Å². The number of aromatic nitrogens is 3. The maximum atomic E-state index is 5.55. The van der Waals surface area contributed by atoms with Crippen molar-refractivity contribution in [1.82, 2.24) is 25.0 Å². The van der Waals surface area contributed by atoms with Crippen molar-refractivity contribution in [3.63, 3.8) is 0 Å². The van der Waals surface area contributed by atoms with E-state index >= 15 is 0 Å². The normalized spacial score (nSPS) is 19.5. The van der Waals surface area contributed by atoms with E-state index in [4.69, 9.17) is 4.74 Å². The van der Waals surface area contributed by atoms with E-state index in [1.807, 2.05) is 4.68 Å². The zero-order valence-corrected chi connectivity index (χ0v) is 18.2. The fourth-order valence-corrected chi connectivity index (χ4v) is 5.12. The zero-order chi connectivity index (χ0) is 21.0. The molecule has 162 valence electrons. The van der Waals surface area contributed by atoms with Crippen LogP contribution >= 0.6 is 0 Å². The minimum atomic E-state index is 0.540. The predicted molar refractivity (Wildman–Crippen MR) is 121 cm³/mol. The Bertz CT molecular complexity index is 978. The van der Waals surface area contributed by atoms with E-state index in [0.717, 1.165) is 24.4 Å². The fourth-order valence-electron chi connectivity index (χ4n) is 5.12. The van der Waals surface area contributed by atoms with Crippen molar-refractivity contribution < 1.29 is 4.74 Å². The molecule has 5 rings (SSSR count). The van der Waals surface area contributed by atoms with Crippen LogP contribution in [0.15, 0.2) is 55.1 Å². The highest BCUT2D eigenvalue weighted by Crippen LogP contribution is 2.27. The highest BCUT2D eigenvalue weighted by Gasteiger charge is 2.30. The lowest BCUT2D eigenvalue weighted by Crippen LogP contribution is -2.49.